The number of halogens is 3. The molecular formula is C5H8F3NS. The fourth-order valence-corrected chi connectivity index (χ4v) is 1.97. The van der Waals surface area contributed by atoms with Crippen LogP contribution in [0.4, 0.5) is 13.2 Å². The third kappa shape index (κ3) is 1.58. The second-order valence-electron chi connectivity index (χ2n) is 2.13. The molecule has 0 radical (unpaired) electrons. The fourth-order valence-electron chi connectivity index (χ4n) is 0.926. The quantitative estimate of drug-likeness (QED) is 0.512. The van der Waals surface area contributed by atoms with Crippen molar-refractivity contribution in [2.75, 3.05) is 12.3 Å². The van der Waals surface area contributed by atoms with E-state index in [2.05, 4.69) is 0 Å². The molecular weight excluding hydrogens is 163 g/mol. The van der Waals surface area contributed by atoms with Crippen LogP contribution in [-0.2, 0) is 0 Å². The van der Waals surface area contributed by atoms with Crippen LogP contribution < -0.4 is 0 Å². The predicted molar refractivity (Wildman–Crippen MR) is 34.7 cm³/mol. The molecule has 0 saturated carbocycles. The Kier molecular flexibility index (Phi) is 2.15. The largest absolute Gasteiger partial charge is 0.460 e. The molecule has 1 saturated heterocycles. The van der Waals surface area contributed by atoms with E-state index in [9.17, 15) is 13.2 Å². The molecule has 1 fully saturated rings. The summed E-state index contributed by atoms with van der Waals surface area (Å²) in [7, 11) is 0. The minimum Gasteiger partial charge on any atom is -0.202 e. The second kappa shape index (κ2) is 2.62. The monoisotopic (exact) mass is 171 g/mol. The first kappa shape index (κ1) is 8.20. The van der Waals surface area contributed by atoms with Crippen LogP contribution in [0.2, 0.25) is 0 Å². The Labute approximate surface area is 61.6 Å². The summed E-state index contributed by atoms with van der Waals surface area (Å²) in [6.45, 7) is 1.71. The van der Waals surface area contributed by atoms with E-state index in [1.807, 2.05) is 0 Å². The number of hydrogen-bond donors (Lipinski definition) is 0. The molecule has 10 heavy (non-hydrogen) atoms. The fraction of sp³-hybridized carbons (Fsp3) is 1.00. The summed E-state index contributed by atoms with van der Waals surface area (Å²) in [6, 6.07) is 0. The van der Waals surface area contributed by atoms with Crippen LogP contribution in [-0.4, -0.2) is 28.9 Å². The van der Waals surface area contributed by atoms with Gasteiger partial charge in [0, 0.05) is 12.3 Å². The highest BCUT2D eigenvalue weighted by atomic mass is 32.2. The van der Waals surface area contributed by atoms with Gasteiger partial charge in [-0.05, 0) is 6.92 Å². The highest BCUT2D eigenvalue weighted by Gasteiger charge is 2.42. The molecule has 60 valence electrons. The van der Waals surface area contributed by atoms with Gasteiger partial charge >= 0.3 is 6.30 Å². The summed E-state index contributed by atoms with van der Waals surface area (Å²) in [5, 5.41) is -0.403. The third-order valence-electron chi connectivity index (χ3n) is 1.46. The van der Waals surface area contributed by atoms with Gasteiger partial charge in [0.25, 0.3) is 0 Å². The maximum absolute atomic E-state index is 11.9. The van der Waals surface area contributed by atoms with Gasteiger partial charge in [0.05, 0.1) is 5.37 Å². The van der Waals surface area contributed by atoms with Crippen molar-refractivity contribution < 1.29 is 13.2 Å². The van der Waals surface area contributed by atoms with Crippen molar-refractivity contribution in [2.45, 2.75) is 18.6 Å². The Morgan fingerprint density at radius 1 is 1.50 bits per heavy atom. The Morgan fingerprint density at radius 2 is 2.10 bits per heavy atom. The number of alkyl halides is 3. The van der Waals surface area contributed by atoms with Crippen molar-refractivity contribution >= 4 is 11.8 Å². The molecule has 1 heterocycles. The molecule has 5 heteroatoms. The van der Waals surface area contributed by atoms with Crippen molar-refractivity contribution in [1.82, 2.24) is 4.90 Å². The first-order valence-corrected chi connectivity index (χ1v) is 4.02. The molecule has 0 aromatic heterocycles. The average molecular weight is 171 g/mol. The molecule has 1 atom stereocenters. The first-order chi connectivity index (χ1) is 4.52. The lowest BCUT2D eigenvalue weighted by atomic mass is 10.5. The van der Waals surface area contributed by atoms with Gasteiger partial charge in [-0.1, -0.05) is 0 Å². The van der Waals surface area contributed by atoms with Gasteiger partial charge < -0.3 is 0 Å². The standard InChI is InChI=1S/C5H8F3NS/c1-4-9(2-3-10-4)5(6,7)8/h4H,2-3H2,1H3. The van der Waals surface area contributed by atoms with Crippen molar-refractivity contribution in [2.24, 2.45) is 0 Å². The van der Waals surface area contributed by atoms with Gasteiger partial charge in [-0.3, -0.25) is 0 Å². The number of thioether (sulfide) groups is 1. The van der Waals surface area contributed by atoms with E-state index in [1.54, 1.807) is 6.92 Å². The van der Waals surface area contributed by atoms with Crippen molar-refractivity contribution in [3.8, 4) is 0 Å². The minimum atomic E-state index is -4.14. The van der Waals surface area contributed by atoms with E-state index in [-0.39, 0.29) is 6.54 Å². The van der Waals surface area contributed by atoms with Crippen LogP contribution in [0.1, 0.15) is 6.92 Å². The number of nitrogens with zero attached hydrogens (tertiary/aromatic N) is 1. The van der Waals surface area contributed by atoms with Gasteiger partial charge in [0.1, 0.15) is 0 Å². The molecule has 0 spiro atoms. The minimum absolute atomic E-state index is 0.134. The van der Waals surface area contributed by atoms with Gasteiger partial charge in [0.15, 0.2) is 0 Å². The molecule has 0 aromatic carbocycles. The molecule has 0 aromatic rings. The summed E-state index contributed by atoms with van der Waals surface area (Å²) >= 11 is 1.34. The molecule has 0 amide bonds. The normalized spacial score (nSPS) is 29.4. The second-order valence-corrected chi connectivity index (χ2v) is 3.56. The van der Waals surface area contributed by atoms with Crippen LogP contribution in [0, 0.1) is 0 Å². The van der Waals surface area contributed by atoms with Crippen LogP contribution in [0.5, 0.6) is 0 Å². The molecule has 1 rings (SSSR count). The first-order valence-electron chi connectivity index (χ1n) is 2.97. The lowest BCUT2D eigenvalue weighted by molar-refractivity contribution is -0.243. The Morgan fingerprint density at radius 3 is 2.30 bits per heavy atom. The Bertz CT molecular complexity index is 125. The van der Waals surface area contributed by atoms with Gasteiger partial charge in [-0.25, -0.2) is 4.90 Å². The number of hydrogen-bond acceptors (Lipinski definition) is 2. The summed E-state index contributed by atoms with van der Waals surface area (Å²) < 4.78 is 35.8. The summed E-state index contributed by atoms with van der Waals surface area (Å²) in [5.74, 6) is 0.584. The summed E-state index contributed by atoms with van der Waals surface area (Å²) in [6.07, 6.45) is -4.14. The van der Waals surface area contributed by atoms with Gasteiger partial charge in [-0.2, -0.15) is 13.2 Å². The van der Waals surface area contributed by atoms with E-state index >= 15 is 0 Å². The van der Waals surface area contributed by atoms with Crippen LogP contribution in [0.25, 0.3) is 0 Å². The van der Waals surface area contributed by atoms with Crippen molar-refractivity contribution in [3.05, 3.63) is 0 Å². The maximum Gasteiger partial charge on any atom is 0.460 e. The highest BCUT2D eigenvalue weighted by Crippen LogP contribution is 2.33. The lowest BCUT2D eigenvalue weighted by Crippen LogP contribution is -2.39. The van der Waals surface area contributed by atoms with E-state index in [4.69, 9.17) is 0 Å². The predicted octanol–water partition coefficient (Wildman–Crippen LogP) is 1.90. The van der Waals surface area contributed by atoms with Crippen molar-refractivity contribution in [3.63, 3.8) is 0 Å². The zero-order valence-electron chi connectivity index (χ0n) is 5.48. The van der Waals surface area contributed by atoms with Crippen LogP contribution in [0.15, 0.2) is 0 Å². The zero-order valence-corrected chi connectivity index (χ0v) is 6.30. The van der Waals surface area contributed by atoms with E-state index in [1.165, 1.54) is 11.8 Å². The molecule has 1 unspecified atom stereocenters. The average Bonchev–Trinajstić information content (AvgIpc) is 2.11. The van der Waals surface area contributed by atoms with Gasteiger partial charge in [-0.15, -0.1) is 11.8 Å². The topological polar surface area (TPSA) is 3.24 Å². The summed E-state index contributed by atoms with van der Waals surface area (Å²) in [4.78, 5) is 0.553. The van der Waals surface area contributed by atoms with E-state index in [0.29, 0.717) is 10.7 Å². The summed E-state index contributed by atoms with van der Waals surface area (Å²) in [5.41, 5.74) is 0. The molecule has 0 N–H and O–H groups in total. The van der Waals surface area contributed by atoms with Gasteiger partial charge in [0.2, 0.25) is 0 Å². The Hall–Kier alpha value is 0.100. The highest BCUT2D eigenvalue weighted by molar-refractivity contribution is 8.00. The van der Waals surface area contributed by atoms with Crippen LogP contribution in [0.3, 0.4) is 0 Å². The third-order valence-corrected chi connectivity index (χ3v) is 2.61. The maximum atomic E-state index is 11.9. The van der Waals surface area contributed by atoms with E-state index < -0.39 is 11.7 Å². The zero-order chi connectivity index (χ0) is 7.78. The SMILES string of the molecule is CC1SCCN1C(F)(F)F. The van der Waals surface area contributed by atoms with E-state index in [0.717, 1.165) is 0 Å². The molecule has 1 aliphatic heterocycles. The Balaban J connectivity index is 2.55. The molecule has 1 aliphatic rings. The van der Waals surface area contributed by atoms with Crippen molar-refractivity contribution in [1.29, 1.82) is 0 Å². The molecule has 1 nitrogen and oxygen atoms in total. The van der Waals surface area contributed by atoms with Crippen LogP contribution >= 0.6 is 11.8 Å². The molecule has 0 bridgehead atoms. The lowest BCUT2D eigenvalue weighted by Gasteiger charge is -2.22. The molecule has 0 aliphatic carbocycles. The smallest absolute Gasteiger partial charge is 0.202 e. The number of rotatable bonds is 0.